The third kappa shape index (κ3) is 5.29. The molecule has 1 heteroatoms. The van der Waals surface area contributed by atoms with Gasteiger partial charge in [-0.25, -0.2) is 0 Å². The van der Waals surface area contributed by atoms with Crippen LogP contribution in [0.15, 0.2) is 29.4 Å². The number of hydrogen-bond acceptors (Lipinski definition) is 1. The van der Waals surface area contributed by atoms with E-state index in [0.29, 0.717) is 0 Å². The van der Waals surface area contributed by atoms with Crippen LogP contribution in [0.2, 0.25) is 0 Å². The van der Waals surface area contributed by atoms with Gasteiger partial charge < -0.3 is 0 Å². The Bertz CT molecular complexity index is 160. The van der Waals surface area contributed by atoms with E-state index in [9.17, 15) is 0 Å². The third-order valence-electron chi connectivity index (χ3n) is 0.913. The zero-order chi connectivity index (χ0) is 7.98. The van der Waals surface area contributed by atoms with Gasteiger partial charge in [0.2, 0.25) is 0 Å². The molecule has 0 fully saturated rings. The molecule has 0 amide bonds. The molecule has 0 saturated heterocycles. The number of allylic oxidation sites excluding steroid dienone is 2. The quantitative estimate of drug-likeness (QED) is 0.419. The van der Waals surface area contributed by atoms with E-state index < -0.39 is 0 Å². The molecule has 0 heterocycles. The van der Waals surface area contributed by atoms with E-state index in [0.717, 1.165) is 17.8 Å². The maximum atomic E-state index is 4.15. The lowest BCUT2D eigenvalue weighted by Gasteiger charge is -1.90. The molecule has 0 saturated carbocycles. The lowest BCUT2D eigenvalue weighted by atomic mass is 10.3. The summed E-state index contributed by atoms with van der Waals surface area (Å²) in [7, 11) is 0. The molecule has 10 heavy (non-hydrogen) atoms. The van der Waals surface area contributed by atoms with Gasteiger partial charge in [0.1, 0.15) is 0 Å². The summed E-state index contributed by atoms with van der Waals surface area (Å²) in [6, 6.07) is 0. The van der Waals surface area contributed by atoms with Crippen LogP contribution < -0.4 is 0 Å². The number of hydrogen-bond donors (Lipinski definition) is 0. The Labute approximate surface area is 63.2 Å². The molecule has 0 atom stereocenters. The molecule has 0 aromatic rings. The van der Waals surface area contributed by atoms with Crippen LogP contribution in [0.3, 0.4) is 0 Å². The van der Waals surface area contributed by atoms with Gasteiger partial charge in [-0.1, -0.05) is 19.6 Å². The molecule has 0 radical (unpaired) electrons. The largest absolute Gasteiger partial charge is 0.259 e. The normalized spacial score (nSPS) is 9.90. The summed E-state index contributed by atoms with van der Waals surface area (Å²) in [6.45, 7) is 9.77. The fraction of sp³-hybridized carbons (Fsp3) is 0.444. The van der Waals surface area contributed by atoms with Crippen LogP contribution in [0.4, 0.5) is 0 Å². The van der Waals surface area contributed by atoms with Crippen molar-refractivity contribution in [1.82, 2.24) is 0 Å². The van der Waals surface area contributed by atoms with Crippen LogP contribution in [0.1, 0.15) is 27.2 Å². The van der Waals surface area contributed by atoms with Gasteiger partial charge in [-0.05, 0) is 26.3 Å². The number of rotatable bonds is 3. The van der Waals surface area contributed by atoms with Crippen LogP contribution >= 0.6 is 0 Å². The molecule has 56 valence electrons. The summed E-state index contributed by atoms with van der Waals surface area (Å²) in [5.41, 5.74) is 1.88. The molecule has 0 N–H and O–H groups in total. The van der Waals surface area contributed by atoms with Crippen molar-refractivity contribution in [2.75, 3.05) is 0 Å². The van der Waals surface area contributed by atoms with Crippen molar-refractivity contribution < 1.29 is 0 Å². The first-order valence-corrected chi connectivity index (χ1v) is 3.54. The minimum absolute atomic E-state index is 0.835. The zero-order valence-corrected chi connectivity index (χ0v) is 7.02. The van der Waals surface area contributed by atoms with Gasteiger partial charge >= 0.3 is 0 Å². The molecule has 0 bridgehead atoms. The van der Waals surface area contributed by atoms with Gasteiger partial charge in [0.05, 0.1) is 5.70 Å². The lowest BCUT2D eigenvalue weighted by molar-refractivity contribution is 1.21. The average molecular weight is 137 g/mol. The van der Waals surface area contributed by atoms with Crippen molar-refractivity contribution in [1.29, 1.82) is 0 Å². The summed E-state index contributed by atoms with van der Waals surface area (Å²) in [4.78, 5) is 4.15. The van der Waals surface area contributed by atoms with E-state index in [-0.39, 0.29) is 0 Å². The Hall–Kier alpha value is -0.850. The first-order chi connectivity index (χ1) is 4.66. The van der Waals surface area contributed by atoms with E-state index >= 15 is 0 Å². The SMILES string of the molecule is C=C(/C=C\CC)N=C(C)C. The van der Waals surface area contributed by atoms with Crippen molar-refractivity contribution in [3.8, 4) is 0 Å². The van der Waals surface area contributed by atoms with E-state index in [1.54, 1.807) is 0 Å². The second kappa shape index (κ2) is 4.98. The third-order valence-corrected chi connectivity index (χ3v) is 0.913. The van der Waals surface area contributed by atoms with Crippen molar-refractivity contribution in [2.24, 2.45) is 4.99 Å². The summed E-state index contributed by atoms with van der Waals surface area (Å²) in [5, 5.41) is 0. The van der Waals surface area contributed by atoms with Crippen molar-refractivity contribution in [2.45, 2.75) is 27.2 Å². The van der Waals surface area contributed by atoms with Gasteiger partial charge in [-0.15, -0.1) is 0 Å². The van der Waals surface area contributed by atoms with Crippen LogP contribution in [0.5, 0.6) is 0 Å². The Morgan fingerprint density at radius 1 is 1.50 bits per heavy atom. The van der Waals surface area contributed by atoms with Gasteiger partial charge in [0, 0.05) is 5.71 Å². The summed E-state index contributed by atoms with van der Waals surface area (Å²) >= 11 is 0. The van der Waals surface area contributed by atoms with Crippen LogP contribution in [-0.2, 0) is 0 Å². The van der Waals surface area contributed by atoms with E-state index in [1.807, 2.05) is 19.9 Å². The Kier molecular flexibility index (Phi) is 4.55. The van der Waals surface area contributed by atoms with E-state index in [1.165, 1.54) is 0 Å². The van der Waals surface area contributed by atoms with E-state index in [2.05, 4.69) is 24.6 Å². The smallest absolute Gasteiger partial charge is 0.0553 e. The van der Waals surface area contributed by atoms with Crippen LogP contribution in [0.25, 0.3) is 0 Å². The minimum Gasteiger partial charge on any atom is -0.259 e. The van der Waals surface area contributed by atoms with E-state index in [4.69, 9.17) is 0 Å². The fourth-order valence-corrected chi connectivity index (χ4v) is 0.578. The molecule has 0 aliphatic heterocycles. The molecular weight excluding hydrogens is 122 g/mol. The molecule has 0 aromatic carbocycles. The topological polar surface area (TPSA) is 12.4 Å². The molecule has 0 aromatic heterocycles. The highest BCUT2D eigenvalue weighted by molar-refractivity contribution is 5.80. The van der Waals surface area contributed by atoms with Crippen LogP contribution in [0, 0.1) is 0 Å². The first kappa shape index (κ1) is 9.15. The number of nitrogens with zero attached hydrogens (tertiary/aromatic N) is 1. The maximum Gasteiger partial charge on any atom is 0.0553 e. The predicted molar refractivity (Wildman–Crippen MR) is 47.4 cm³/mol. The Morgan fingerprint density at radius 2 is 2.10 bits per heavy atom. The average Bonchev–Trinajstić information content (AvgIpc) is 1.82. The lowest BCUT2D eigenvalue weighted by Crippen LogP contribution is -1.79. The number of aliphatic imine (C=N–C) groups is 1. The zero-order valence-electron chi connectivity index (χ0n) is 7.02. The highest BCUT2D eigenvalue weighted by atomic mass is 14.7. The van der Waals surface area contributed by atoms with Gasteiger partial charge in [-0.3, -0.25) is 4.99 Å². The molecule has 0 spiro atoms. The predicted octanol–water partition coefficient (Wildman–Crippen LogP) is 2.95. The molecule has 1 nitrogen and oxygen atoms in total. The van der Waals surface area contributed by atoms with Gasteiger partial charge in [0.25, 0.3) is 0 Å². The highest BCUT2D eigenvalue weighted by Gasteiger charge is 1.80. The monoisotopic (exact) mass is 137 g/mol. The maximum absolute atomic E-state index is 4.15. The molecule has 0 rings (SSSR count). The summed E-state index contributed by atoms with van der Waals surface area (Å²) in [6.07, 6.45) is 5.03. The Morgan fingerprint density at radius 3 is 2.50 bits per heavy atom. The molecule has 0 aliphatic rings. The second-order valence-electron chi connectivity index (χ2n) is 2.36. The second-order valence-corrected chi connectivity index (χ2v) is 2.36. The minimum atomic E-state index is 0.835. The standard InChI is InChI=1S/C9H15N/c1-5-6-7-9(4)10-8(2)3/h6-7H,4-5H2,1-3H3/b7-6-. The summed E-state index contributed by atoms with van der Waals surface area (Å²) < 4.78 is 0. The highest BCUT2D eigenvalue weighted by Crippen LogP contribution is 1.96. The molecule has 0 unspecified atom stereocenters. The molecule has 0 aliphatic carbocycles. The van der Waals surface area contributed by atoms with Crippen molar-refractivity contribution in [3.05, 3.63) is 24.4 Å². The van der Waals surface area contributed by atoms with Crippen molar-refractivity contribution >= 4 is 5.71 Å². The molecular formula is C9H15N. The van der Waals surface area contributed by atoms with Crippen molar-refractivity contribution in [3.63, 3.8) is 0 Å². The fourth-order valence-electron chi connectivity index (χ4n) is 0.578. The van der Waals surface area contributed by atoms with Gasteiger partial charge in [0.15, 0.2) is 0 Å². The van der Waals surface area contributed by atoms with Crippen LogP contribution in [-0.4, -0.2) is 5.71 Å². The summed E-state index contributed by atoms with van der Waals surface area (Å²) in [5.74, 6) is 0. The Balaban J connectivity index is 3.87. The van der Waals surface area contributed by atoms with Gasteiger partial charge in [-0.2, -0.15) is 0 Å². The first-order valence-electron chi connectivity index (χ1n) is 3.54.